The summed E-state index contributed by atoms with van der Waals surface area (Å²) in [5.41, 5.74) is 6.80. The molecule has 3 heterocycles. The van der Waals surface area contributed by atoms with Crippen molar-refractivity contribution in [3.63, 3.8) is 0 Å². The summed E-state index contributed by atoms with van der Waals surface area (Å²) < 4.78 is 2.33. The molecule has 0 aliphatic heterocycles. The summed E-state index contributed by atoms with van der Waals surface area (Å²) in [6.45, 7) is 0. The average Bonchev–Trinajstić information content (AvgIpc) is 3.39. The molecule has 4 heteroatoms. The molecule has 0 fully saturated rings. The van der Waals surface area contributed by atoms with E-state index in [4.69, 9.17) is 15.0 Å². The maximum absolute atomic E-state index is 5.34. The number of pyridine rings is 1. The van der Waals surface area contributed by atoms with Crippen LogP contribution in [0.3, 0.4) is 0 Å². The van der Waals surface area contributed by atoms with E-state index in [0.717, 1.165) is 50.0 Å². The molecular weight excluding hydrogens is 500 g/mol. The Balaban J connectivity index is 1.53. The standard InChI is InChI=1S/C37H20N4/c1-2-8-23(9-3-1)35-37(40-28-14-5-4-13-27(28)39-35)41-29-18-17-22-16-15-21-10-6-12-25-26-20-24-11-7-19-38-34(24)36(41)32(26)33(29)31(22)30(21)25/h1-20H. The molecule has 3 aromatic heterocycles. The largest absolute Gasteiger partial charge is 0.290 e. The molecule has 4 nitrogen and oxygen atoms in total. The van der Waals surface area contributed by atoms with Crippen molar-refractivity contribution in [3.8, 4) is 17.1 Å². The second-order valence-electron chi connectivity index (χ2n) is 10.8. The zero-order chi connectivity index (χ0) is 26.7. The second kappa shape index (κ2) is 7.52. The summed E-state index contributed by atoms with van der Waals surface area (Å²) in [5.74, 6) is 0.816. The van der Waals surface area contributed by atoms with Crippen LogP contribution in [0.5, 0.6) is 0 Å². The predicted octanol–water partition coefficient (Wildman–Crippen LogP) is 9.28. The number of aromatic nitrogens is 4. The highest BCUT2D eigenvalue weighted by atomic mass is 15.1. The minimum atomic E-state index is 0.816. The first-order valence-corrected chi connectivity index (χ1v) is 13.9. The summed E-state index contributed by atoms with van der Waals surface area (Å²) in [5, 5.41) is 11.3. The second-order valence-corrected chi connectivity index (χ2v) is 10.8. The van der Waals surface area contributed by atoms with Crippen molar-refractivity contribution in [3.05, 3.63) is 121 Å². The van der Waals surface area contributed by atoms with Gasteiger partial charge in [0.05, 0.1) is 27.6 Å². The van der Waals surface area contributed by atoms with Crippen LogP contribution >= 0.6 is 0 Å². The van der Waals surface area contributed by atoms with E-state index in [-0.39, 0.29) is 0 Å². The van der Waals surface area contributed by atoms with Crippen LogP contribution in [-0.2, 0) is 0 Å². The van der Waals surface area contributed by atoms with Gasteiger partial charge in [-0.2, -0.15) is 0 Å². The fourth-order valence-electron chi connectivity index (χ4n) is 7.01. The average molecular weight is 521 g/mol. The van der Waals surface area contributed by atoms with Crippen molar-refractivity contribution in [1.29, 1.82) is 0 Å². The van der Waals surface area contributed by atoms with Crippen molar-refractivity contribution >= 4 is 76.1 Å². The van der Waals surface area contributed by atoms with Crippen molar-refractivity contribution < 1.29 is 0 Å². The lowest BCUT2D eigenvalue weighted by Gasteiger charge is -2.14. The third-order valence-corrected chi connectivity index (χ3v) is 8.69. The first kappa shape index (κ1) is 21.2. The van der Waals surface area contributed by atoms with Gasteiger partial charge in [-0.3, -0.25) is 9.55 Å². The third-order valence-electron chi connectivity index (χ3n) is 8.69. The molecule has 0 amide bonds. The molecule has 0 spiro atoms. The smallest absolute Gasteiger partial charge is 0.165 e. The van der Waals surface area contributed by atoms with E-state index >= 15 is 0 Å². The van der Waals surface area contributed by atoms with Crippen LogP contribution in [0.2, 0.25) is 0 Å². The minimum Gasteiger partial charge on any atom is -0.290 e. The number of benzene rings is 7. The van der Waals surface area contributed by atoms with Gasteiger partial charge in [0.2, 0.25) is 0 Å². The van der Waals surface area contributed by atoms with E-state index in [1.807, 2.05) is 42.6 Å². The Morgan fingerprint density at radius 3 is 2.15 bits per heavy atom. The molecule has 188 valence electrons. The van der Waals surface area contributed by atoms with Crippen LogP contribution < -0.4 is 0 Å². The van der Waals surface area contributed by atoms with E-state index in [2.05, 4.69) is 83.4 Å². The van der Waals surface area contributed by atoms with Gasteiger partial charge in [0, 0.05) is 33.3 Å². The number of hydrogen-bond donors (Lipinski definition) is 0. The molecule has 0 saturated carbocycles. The molecule has 10 rings (SSSR count). The Morgan fingerprint density at radius 2 is 1.27 bits per heavy atom. The molecule has 0 N–H and O–H groups in total. The van der Waals surface area contributed by atoms with Gasteiger partial charge >= 0.3 is 0 Å². The van der Waals surface area contributed by atoms with Gasteiger partial charge in [0.15, 0.2) is 5.82 Å². The fourth-order valence-corrected chi connectivity index (χ4v) is 7.01. The molecule has 0 unspecified atom stereocenters. The van der Waals surface area contributed by atoms with Gasteiger partial charge in [-0.15, -0.1) is 0 Å². The molecule has 0 aliphatic rings. The highest BCUT2D eigenvalue weighted by Gasteiger charge is 2.26. The van der Waals surface area contributed by atoms with Crippen LogP contribution in [-0.4, -0.2) is 19.5 Å². The number of fused-ring (bicyclic) bond motifs is 4. The third kappa shape index (κ3) is 2.66. The van der Waals surface area contributed by atoms with Crippen molar-refractivity contribution in [2.24, 2.45) is 0 Å². The lowest BCUT2D eigenvalue weighted by molar-refractivity contribution is 1.08. The van der Waals surface area contributed by atoms with Crippen LogP contribution in [0.15, 0.2) is 121 Å². The first-order chi connectivity index (χ1) is 20.3. The van der Waals surface area contributed by atoms with Gasteiger partial charge in [-0.25, -0.2) is 9.97 Å². The van der Waals surface area contributed by atoms with Gasteiger partial charge in [-0.1, -0.05) is 84.9 Å². The van der Waals surface area contributed by atoms with Crippen LogP contribution in [0, 0.1) is 0 Å². The van der Waals surface area contributed by atoms with Crippen LogP contribution in [0.25, 0.3) is 93.1 Å². The lowest BCUT2D eigenvalue weighted by Crippen LogP contribution is -2.04. The SMILES string of the molecule is c1ccc(-c2nc3ccccc3nc2-n2c3ccc4ccc5cccc6c7cc8cccnc8c2c7c3c4c56)cc1. The molecule has 41 heavy (non-hydrogen) atoms. The quantitative estimate of drug-likeness (QED) is 0.168. The maximum Gasteiger partial charge on any atom is 0.165 e. The summed E-state index contributed by atoms with van der Waals surface area (Å²) >= 11 is 0. The number of para-hydroxylation sites is 2. The van der Waals surface area contributed by atoms with Crippen molar-refractivity contribution in [2.75, 3.05) is 0 Å². The van der Waals surface area contributed by atoms with Gasteiger partial charge in [0.1, 0.15) is 5.69 Å². The highest BCUT2D eigenvalue weighted by molar-refractivity contribution is 6.42. The molecule has 0 saturated heterocycles. The number of rotatable bonds is 2. The Kier molecular flexibility index (Phi) is 3.90. The number of nitrogens with zero attached hydrogens (tertiary/aromatic N) is 4. The van der Waals surface area contributed by atoms with Gasteiger partial charge in [0.25, 0.3) is 0 Å². The van der Waals surface area contributed by atoms with Crippen LogP contribution in [0.4, 0.5) is 0 Å². The lowest BCUT2D eigenvalue weighted by atomic mass is 9.89. The minimum absolute atomic E-state index is 0.816. The Morgan fingerprint density at radius 1 is 0.512 bits per heavy atom. The van der Waals surface area contributed by atoms with E-state index < -0.39 is 0 Å². The summed E-state index contributed by atoms with van der Waals surface area (Å²) in [6.07, 6.45) is 1.89. The molecule has 10 aromatic rings. The van der Waals surface area contributed by atoms with Gasteiger partial charge in [-0.05, 0) is 57.3 Å². The van der Waals surface area contributed by atoms with E-state index in [9.17, 15) is 0 Å². The van der Waals surface area contributed by atoms with Crippen molar-refractivity contribution in [2.45, 2.75) is 0 Å². The summed E-state index contributed by atoms with van der Waals surface area (Å²) in [6, 6.07) is 40.7. The zero-order valence-corrected chi connectivity index (χ0v) is 21.8. The molecule has 0 radical (unpaired) electrons. The molecular formula is C37H20N4. The Hall–Kier alpha value is -5.61. The first-order valence-electron chi connectivity index (χ1n) is 13.9. The maximum atomic E-state index is 5.34. The normalized spacial score (nSPS) is 12.4. The fraction of sp³-hybridized carbons (Fsp3) is 0. The number of hydrogen-bond acceptors (Lipinski definition) is 3. The molecule has 0 atom stereocenters. The Bertz CT molecular complexity index is 2630. The topological polar surface area (TPSA) is 43.6 Å². The van der Waals surface area contributed by atoms with Gasteiger partial charge < -0.3 is 0 Å². The van der Waals surface area contributed by atoms with E-state index in [0.29, 0.717) is 0 Å². The van der Waals surface area contributed by atoms with E-state index in [1.165, 1.54) is 43.1 Å². The molecule has 0 aliphatic carbocycles. The monoisotopic (exact) mass is 520 g/mol. The summed E-state index contributed by atoms with van der Waals surface area (Å²) in [4.78, 5) is 15.5. The molecule has 0 bridgehead atoms. The van der Waals surface area contributed by atoms with E-state index in [1.54, 1.807) is 0 Å². The zero-order valence-electron chi connectivity index (χ0n) is 21.8. The molecule has 7 aromatic carbocycles. The van der Waals surface area contributed by atoms with Crippen LogP contribution in [0.1, 0.15) is 0 Å². The van der Waals surface area contributed by atoms with Crippen molar-refractivity contribution in [1.82, 2.24) is 19.5 Å². The predicted molar refractivity (Wildman–Crippen MR) is 170 cm³/mol. The Labute approximate surface area is 233 Å². The highest BCUT2D eigenvalue weighted by Crippen LogP contribution is 2.49. The summed E-state index contributed by atoms with van der Waals surface area (Å²) in [7, 11) is 0.